The first kappa shape index (κ1) is 17.1. The fourth-order valence-corrected chi connectivity index (χ4v) is 2.17. The molecule has 1 rings (SSSR count). The molecular formula is C8H8ClF5N2O3S. The molecule has 1 aromatic heterocycles. The van der Waals surface area contributed by atoms with Crippen molar-refractivity contribution >= 4 is 19.7 Å². The van der Waals surface area contributed by atoms with Crippen LogP contribution in [0.1, 0.15) is 18.7 Å². The second-order valence-electron chi connectivity index (χ2n) is 3.55. The van der Waals surface area contributed by atoms with E-state index in [-0.39, 0.29) is 4.68 Å². The Morgan fingerprint density at radius 1 is 1.40 bits per heavy atom. The van der Waals surface area contributed by atoms with E-state index in [1.54, 1.807) is 0 Å². The Labute approximate surface area is 114 Å². The Bertz CT molecular complexity index is 557. The average Bonchev–Trinajstić information content (AvgIpc) is 2.66. The van der Waals surface area contributed by atoms with Gasteiger partial charge in [0.1, 0.15) is 10.6 Å². The van der Waals surface area contributed by atoms with E-state index < -0.39 is 52.0 Å². The molecule has 20 heavy (non-hydrogen) atoms. The molecule has 0 unspecified atom stereocenters. The van der Waals surface area contributed by atoms with Crippen LogP contribution in [0.15, 0.2) is 11.1 Å². The number of rotatable bonds is 6. The van der Waals surface area contributed by atoms with Gasteiger partial charge in [0.2, 0.25) is 0 Å². The molecule has 0 amide bonds. The third kappa shape index (κ3) is 5.21. The zero-order valence-corrected chi connectivity index (χ0v) is 11.1. The fourth-order valence-electron chi connectivity index (χ4n) is 1.17. The predicted octanol–water partition coefficient (Wildman–Crippen LogP) is 2.67. The average molecular weight is 343 g/mol. The van der Waals surface area contributed by atoms with Crippen LogP contribution in [0.3, 0.4) is 0 Å². The fraction of sp³-hybridized carbons (Fsp3) is 0.625. The van der Waals surface area contributed by atoms with Crippen molar-refractivity contribution in [3.63, 3.8) is 0 Å². The van der Waals surface area contributed by atoms with Crippen molar-refractivity contribution in [2.75, 3.05) is 6.61 Å². The van der Waals surface area contributed by atoms with Crippen molar-refractivity contribution in [3.8, 4) is 0 Å². The van der Waals surface area contributed by atoms with Crippen LogP contribution in [-0.4, -0.2) is 31.0 Å². The van der Waals surface area contributed by atoms with Crippen molar-refractivity contribution in [2.24, 2.45) is 0 Å². The van der Waals surface area contributed by atoms with Crippen LogP contribution in [0.2, 0.25) is 0 Å². The molecule has 5 nitrogen and oxygen atoms in total. The first-order valence-corrected chi connectivity index (χ1v) is 7.27. The minimum Gasteiger partial charge on any atom is -0.375 e. The zero-order chi connectivity index (χ0) is 15.6. The highest BCUT2D eigenvalue weighted by Gasteiger charge is 2.27. The van der Waals surface area contributed by atoms with Gasteiger partial charge in [-0.25, -0.2) is 13.1 Å². The maximum atomic E-state index is 12.4. The Morgan fingerprint density at radius 2 is 2.00 bits per heavy atom. The van der Waals surface area contributed by atoms with Gasteiger partial charge in [0, 0.05) is 10.7 Å². The van der Waals surface area contributed by atoms with Gasteiger partial charge in [0.25, 0.3) is 9.05 Å². The molecule has 0 aliphatic heterocycles. The van der Waals surface area contributed by atoms with Gasteiger partial charge < -0.3 is 4.74 Å². The Kier molecular flexibility index (Phi) is 5.33. The molecule has 116 valence electrons. The number of hydrogen-bond donors (Lipinski definition) is 0. The standard InChI is InChI=1S/C8H8ClF5N2O3S/c9-20(17,18)6-3-16(7(10)11)15-5(6)4-19-2-1-8(12,13)14/h3,7H,1-2,4H2. The van der Waals surface area contributed by atoms with Gasteiger partial charge in [-0.15, -0.1) is 0 Å². The largest absolute Gasteiger partial charge is 0.391 e. The van der Waals surface area contributed by atoms with E-state index in [2.05, 4.69) is 9.84 Å². The number of hydrogen-bond acceptors (Lipinski definition) is 4. The van der Waals surface area contributed by atoms with E-state index in [9.17, 15) is 30.4 Å². The molecule has 1 heterocycles. The molecular weight excluding hydrogens is 335 g/mol. The van der Waals surface area contributed by atoms with Gasteiger partial charge in [-0.3, -0.25) is 0 Å². The highest BCUT2D eigenvalue weighted by Crippen LogP contribution is 2.23. The van der Waals surface area contributed by atoms with Crippen LogP contribution >= 0.6 is 10.7 Å². The summed E-state index contributed by atoms with van der Waals surface area (Å²) in [4.78, 5) is -0.730. The third-order valence-corrected chi connectivity index (χ3v) is 3.37. The van der Waals surface area contributed by atoms with E-state index >= 15 is 0 Å². The molecule has 1 aromatic rings. The van der Waals surface area contributed by atoms with Crippen molar-refractivity contribution in [1.82, 2.24) is 9.78 Å². The summed E-state index contributed by atoms with van der Waals surface area (Å²) in [7, 11) is 0.647. The summed E-state index contributed by atoms with van der Waals surface area (Å²) in [6.45, 7) is -4.56. The van der Waals surface area contributed by atoms with E-state index in [1.807, 2.05) is 0 Å². The maximum Gasteiger partial charge on any atom is 0.391 e. The normalized spacial score (nSPS) is 13.2. The number of nitrogens with zero attached hydrogens (tertiary/aromatic N) is 2. The van der Waals surface area contributed by atoms with Crippen LogP contribution in [0.4, 0.5) is 22.0 Å². The molecule has 0 aliphatic rings. The molecule has 0 atom stereocenters. The molecule has 0 N–H and O–H groups in total. The number of alkyl halides is 5. The monoisotopic (exact) mass is 342 g/mol. The molecule has 0 fully saturated rings. The highest BCUT2D eigenvalue weighted by molar-refractivity contribution is 8.13. The van der Waals surface area contributed by atoms with Gasteiger partial charge in [-0.2, -0.15) is 27.1 Å². The summed E-state index contributed by atoms with van der Waals surface area (Å²) < 4.78 is 87.1. The second-order valence-corrected chi connectivity index (χ2v) is 6.09. The van der Waals surface area contributed by atoms with Gasteiger partial charge >= 0.3 is 12.7 Å². The second kappa shape index (κ2) is 6.22. The van der Waals surface area contributed by atoms with Crippen LogP contribution in [0.5, 0.6) is 0 Å². The molecule has 0 bridgehead atoms. The van der Waals surface area contributed by atoms with E-state index in [1.165, 1.54) is 0 Å². The van der Waals surface area contributed by atoms with Crippen molar-refractivity contribution in [2.45, 2.75) is 30.6 Å². The first-order chi connectivity index (χ1) is 9.00. The third-order valence-electron chi connectivity index (χ3n) is 2.00. The van der Waals surface area contributed by atoms with Gasteiger partial charge in [0.05, 0.1) is 25.8 Å². The zero-order valence-electron chi connectivity index (χ0n) is 9.57. The lowest BCUT2D eigenvalue weighted by molar-refractivity contribution is -0.146. The molecule has 0 radical (unpaired) electrons. The first-order valence-electron chi connectivity index (χ1n) is 4.96. The van der Waals surface area contributed by atoms with E-state index in [0.29, 0.717) is 6.20 Å². The van der Waals surface area contributed by atoms with E-state index in [0.717, 1.165) is 0 Å². The smallest absolute Gasteiger partial charge is 0.375 e. The lowest BCUT2D eigenvalue weighted by Crippen LogP contribution is -2.12. The molecule has 0 aromatic carbocycles. The van der Waals surface area contributed by atoms with Crippen LogP contribution in [0, 0.1) is 0 Å². The number of ether oxygens (including phenoxy) is 1. The molecule has 0 aliphatic carbocycles. The molecule has 12 heteroatoms. The molecule has 0 saturated carbocycles. The van der Waals surface area contributed by atoms with Crippen molar-refractivity contribution in [3.05, 3.63) is 11.9 Å². The minimum atomic E-state index is -4.44. The van der Waals surface area contributed by atoms with Crippen LogP contribution < -0.4 is 0 Å². The topological polar surface area (TPSA) is 61.2 Å². The maximum absolute atomic E-state index is 12.4. The lowest BCUT2D eigenvalue weighted by Gasteiger charge is -2.06. The van der Waals surface area contributed by atoms with Crippen LogP contribution in [-0.2, 0) is 20.4 Å². The summed E-state index contributed by atoms with van der Waals surface area (Å²) in [6, 6.07) is 0. The Hall–Kier alpha value is -0.940. The molecule has 0 saturated heterocycles. The number of halogens is 6. The van der Waals surface area contributed by atoms with Gasteiger partial charge in [-0.1, -0.05) is 0 Å². The summed E-state index contributed by atoms with van der Waals surface area (Å²) in [6.07, 6.45) is -5.22. The van der Waals surface area contributed by atoms with Gasteiger partial charge in [0.15, 0.2) is 0 Å². The number of aromatic nitrogens is 2. The van der Waals surface area contributed by atoms with E-state index in [4.69, 9.17) is 10.7 Å². The summed E-state index contributed by atoms with van der Waals surface area (Å²) >= 11 is 0. The summed E-state index contributed by atoms with van der Waals surface area (Å²) in [5.74, 6) is 0. The quantitative estimate of drug-likeness (QED) is 0.453. The highest BCUT2D eigenvalue weighted by atomic mass is 35.7. The Balaban J connectivity index is 2.78. The van der Waals surface area contributed by atoms with Gasteiger partial charge in [-0.05, 0) is 0 Å². The van der Waals surface area contributed by atoms with Crippen molar-refractivity contribution in [1.29, 1.82) is 0 Å². The Morgan fingerprint density at radius 3 is 2.45 bits per heavy atom. The van der Waals surface area contributed by atoms with Crippen molar-refractivity contribution < 1.29 is 35.1 Å². The SMILES string of the molecule is O=S(=O)(Cl)c1cn(C(F)F)nc1COCCC(F)(F)F. The minimum absolute atomic E-state index is 0.0255. The lowest BCUT2D eigenvalue weighted by atomic mass is 10.4. The summed E-state index contributed by atoms with van der Waals surface area (Å²) in [5, 5.41) is 3.21. The molecule has 0 spiro atoms. The summed E-state index contributed by atoms with van der Waals surface area (Å²) in [5.41, 5.74) is -0.484. The predicted molar refractivity (Wildman–Crippen MR) is 56.8 cm³/mol. The van der Waals surface area contributed by atoms with Crippen LogP contribution in [0.25, 0.3) is 0 Å².